The number of aromatic nitrogens is 6. The normalized spacial score (nSPS) is 21.1. The van der Waals surface area contributed by atoms with Gasteiger partial charge in [0, 0.05) is 18.6 Å². The van der Waals surface area contributed by atoms with Gasteiger partial charge in [0.25, 0.3) is 0 Å². The minimum Gasteiger partial charge on any atom is -0.369 e. The molecular formula is C27H23F2N7O. The van der Waals surface area contributed by atoms with E-state index in [0.717, 1.165) is 29.8 Å². The van der Waals surface area contributed by atoms with Crippen LogP contribution in [-0.4, -0.2) is 36.0 Å². The van der Waals surface area contributed by atoms with Crippen LogP contribution in [0.1, 0.15) is 55.4 Å². The van der Waals surface area contributed by atoms with Gasteiger partial charge in [-0.05, 0) is 54.0 Å². The standard InChI is InChI=1S/C27H23F2N7O/c1-26(2)16-6-8-27(26,24-15(16)10-19(35-36-24)23-17(28)4-3-5-18(23)29)20-7-9-31-25(34-20)14-12-32-22(33-13-14)11-21(30)37/h3-5,7,9-10,12-13,16H,6,8,11H2,1-2H3,(H2,30,37)/t16-,27+/m0/s1. The van der Waals surface area contributed by atoms with Crippen LogP contribution in [0.15, 0.2) is 48.9 Å². The van der Waals surface area contributed by atoms with Gasteiger partial charge in [0.2, 0.25) is 5.91 Å². The summed E-state index contributed by atoms with van der Waals surface area (Å²) in [5.74, 6) is -0.950. The van der Waals surface area contributed by atoms with E-state index >= 15 is 0 Å². The molecule has 2 bridgehead atoms. The predicted octanol–water partition coefficient (Wildman–Crippen LogP) is 3.90. The van der Waals surface area contributed by atoms with Crippen molar-refractivity contribution in [2.45, 2.75) is 44.4 Å². The van der Waals surface area contributed by atoms with Crippen LogP contribution in [0.5, 0.6) is 0 Å². The minimum absolute atomic E-state index is 0.0475. The molecule has 3 heterocycles. The highest BCUT2D eigenvalue weighted by molar-refractivity contribution is 5.75. The molecule has 8 nitrogen and oxygen atoms in total. The maximum atomic E-state index is 14.5. The first kappa shape index (κ1) is 23.2. The molecule has 1 fully saturated rings. The van der Waals surface area contributed by atoms with Crippen molar-refractivity contribution in [2.24, 2.45) is 11.1 Å². The predicted molar refractivity (Wildman–Crippen MR) is 130 cm³/mol. The van der Waals surface area contributed by atoms with E-state index in [2.05, 4.69) is 39.0 Å². The Labute approximate surface area is 211 Å². The van der Waals surface area contributed by atoms with E-state index in [4.69, 9.17) is 10.7 Å². The lowest BCUT2D eigenvalue weighted by Crippen LogP contribution is -2.38. The van der Waals surface area contributed by atoms with Crippen molar-refractivity contribution in [3.8, 4) is 22.6 Å². The number of nitrogens with two attached hydrogens (primary N) is 1. The Hall–Kier alpha value is -4.21. The van der Waals surface area contributed by atoms with Gasteiger partial charge in [-0.25, -0.2) is 28.7 Å². The Morgan fingerprint density at radius 3 is 2.51 bits per heavy atom. The Balaban J connectivity index is 1.45. The molecule has 0 spiro atoms. The topological polar surface area (TPSA) is 120 Å². The number of primary amides is 1. The van der Waals surface area contributed by atoms with Crippen LogP contribution in [0.4, 0.5) is 8.78 Å². The molecule has 1 saturated carbocycles. The fraction of sp³-hybridized carbons (Fsp3) is 0.296. The molecule has 4 aromatic rings. The molecule has 0 aliphatic heterocycles. The summed E-state index contributed by atoms with van der Waals surface area (Å²) in [7, 11) is 0. The number of hydrogen-bond acceptors (Lipinski definition) is 7. The van der Waals surface area contributed by atoms with E-state index in [1.165, 1.54) is 18.2 Å². The highest BCUT2D eigenvalue weighted by Crippen LogP contribution is 2.69. The van der Waals surface area contributed by atoms with Gasteiger partial charge >= 0.3 is 0 Å². The number of carbonyl (C=O) groups excluding carboxylic acids is 1. The maximum Gasteiger partial charge on any atom is 0.225 e. The van der Waals surface area contributed by atoms with Gasteiger partial charge in [0.15, 0.2) is 5.82 Å². The molecule has 2 N–H and O–H groups in total. The van der Waals surface area contributed by atoms with Crippen molar-refractivity contribution in [3.63, 3.8) is 0 Å². The summed E-state index contributed by atoms with van der Waals surface area (Å²) in [6.07, 6.45) is 6.49. The molecule has 0 unspecified atom stereocenters. The summed E-state index contributed by atoms with van der Waals surface area (Å²) in [5, 5.41) is 8.85. The molecule has 2 aliphatic carbocycles. The molecule has 2 aliphatic rings. The number of halogens is 2. The molecule has 10 heteroatoms. The minimum atomic E-state index is -0.670. The van der Waals surface area contributed by atoms with Crippen LogP contribution < -0.4 is 5.73 Å². The summed E-state index contributed by atoms with van der Waals surface area (Å²) in [5.41, 5.74) is 7.55. The SMILES string of the molecule is CC1(C)[C@H]2CC[C@@]1(c1ccnc(-c3cnc(CC(N)=O)nc3)n1)c1nnc(-c3c(F)cccc3F)cc12. The largest absolute Gasteiger partial charge is 0.369 e. The molecule has 2 atom stereocenters. The van der Waals surface area contributed by atoms with E-state index in [1.807, 2.05) is 6.07 Å². The molecule has 1 amide bonds. The first-order valence-corrected chi connectivity index (χ1v) is 12.0. The Bertz CT molecular complexity index is 1540. The summed E-state index contributed by atoms with van der Waals surface area (Å²) in [4.78, 5) is 28.9. The lowest BCUT2D eigenvalue weighted by molar-refractivity contribution is -0.117. The van der Waals surface area contributed by atoms with E-state index in [9.17, 15) is 13.6 Å². The first-order chi connectivity index (χ1) is 17.7. The summed E-state index contributed by atoms with van der Waals surface area (Å²) < 4.78 is 29.0. The number of carbonyl (C=O) groups is 1. The molecule has 0 saturated heterocycles. The van der Waals surface area contributed by atoms with Gasteiger partial charge in [-0.15, -0.1) is 5.10 Å². The average Bonchev–Trinajstić information content (AvgIpc) is 3.25. The third-order valence-corrected chi connectivity index (χ3v) is 7.99. The van der Waals surface area contributed by atoms with Crippen molar-refractivity contribution in [1.82, 2.24) is 30.1 Å². The van der Waals surface area contributed by atoms with E-state index in [1.54, 1.807) is 24.7 Å². The van der Waals surface area contributed by atoms with Crippen LogP contribution in [0, 0.1) is 17.0 Å². The van der Waals surface area contributed by atoms with Crippen LogP contribution >= 0.6 is 0 Å². The maximum absolute atomic E-state index is 14.5. The molecule has 0 radical (unpaired) electrons. The first-order valence-electron chi connectivity index (χ1n) is 12.0. The van der Waals surface area contributed by atoms with Crippen molar-refractivity contribution in [2.75, 3.05) is 0 Å². The second-order valence-electron chi connectivity index (χ2n) is 10.1. The quantitative estimate of drug-likeness (QED) is 0.442. The highest BCUT2D eigenvalue weighted by atomic mass is 19.1. The van der Waals surface area contributed by atoms with Gasteiger partial charge in [-0.1, -0.05) is 19.9 Å². The second-order valence-corrected chi connectivity index (χ2v) is 10.1. The number of amides is 1. The third-order valence-electron chi connectivity index (χ3n) is 7.99. The van der Waals surface area contributed by atoms with Gasteiger partial charge < -0.3 is 5.73 Å². The van der Waals surface area contributed by atoms with Crippen LogP contribution in [-0.2, 0) is 16.6 Å². The highest BCUT2D eigenvalue weighted by Gasteiger charge is 2.65. The molecular weight excluding hydrogens is 476 g/mol. The molecule has 6 rings (SSSR count). The van der Waals surface area contributed by atoms with E-state index in [0.29, 0.717) is 17.2 Å². The lowest BCUT2D eigenvalue weighted by atomic mass is 9.66. The zero-order valence-corrected chi connectivity index (χ0v) is 20.2. The van der Waals surface area contributed by atoms with Crippen LogP contribution in [0.25, 0.3) is 22.6 Å². The molecule has 1 aromatic carbocycles. The Kier molecular flexibility index (Phi) is 5.11. The number of hydrogen-bond donors (Lipinski definition) is 1. The number of benzene rings is 1. The molecule has 186 valence electrons. The van der Waals surface area contributed by atoms with Gasteiger partial charge in [0.05, 0.1) is 40.0 Å². The number of rotatable bonds is 5. The molecule has 3 aromatic heterocycles. The van der Waals surface area contributed by atoms with Crippen molar-refractivity contribution in [3.05, 3.63) is 83.3 Å². The number of fused-ring (bicyclic) bond motifs is 5. The van der Waals surface area contributed by atoms with Crippen molar-refractivity contribution in [1.29, 1.82) is 0 Å². The summed E-state index contributed by atoms with van der Waals surface area (Å²) in [6, 6.07) is 7.44. The average molecular weight is 500 g/mol. The summed E-state index contributed by atoms with van der Waals surface area (Å²) in [6.45, 7) is 4.36. The monoisotopic (exact) mass is 499 g/mol. The van der Waals surface area contributed by atoms with Gasteiger partial charge in [-0.2, -0.15) is 5.10 Å². The van der Waals surface area contributed by atoms with E-state index in [-0.39, 0.29) is 29.0 Å². The van der Waals surface area contributed by atoms with Crippen LogP contribution in [0.2, 0.25) is 0 Å². The van der Waals surface area contributed by atoms with Gasteiger partial charge in [-0.3, -0.25) is 4.79 Å². The fourth-order valence-corrected chi connectivity index (χ4v) is 6.21. The second kappa shape index (κ2) is 8.16. The summed E-state index contributed by atoms with van der Waals surface area (Å²) >= 11 is 0. The Morgan fingerprint density at radius 2 is 1.81 bits per heavy atom. The lowest BCUT2D eigenvalue weighted by Gasteiger charge is -2.37. The fourth-order valence-electron chi connectivity index (χ4n) is 6.21. The third kappa shape index (κ3) is 3.35. The van der Waals surface area contributed by atoms with Gasteiger partial charge in [0.1, 0.15) is 17.5 Å². The zero-order valence-electron chi connectivity index (χ0n) is 20.2. The smallest absolute Gasteiger partial charge is 0.225 e. The zero-order chi connectivity index (χ0) is 25.9. The van der Waals surface area contributed by atoms with Crippen LogP contribution in [0.3, 0.4) is 0 Å². The molecule has 37 heavy (non-hydrogen) atoms. The van der Waals surface area contributed by atoms with Crippen molar-refractivity contribution >= 4 is 5.91 Å². The number of nitrogens with zero attached hydrogens (tertiary/aromatic N) is 6. The van der Waals surface area contributed by atoms with Crippen molar-refractivity contribution < 1.29 is 13.6 Å². The Morgan fingerprint density at radius 1 is 1.08 bits per heavy atom. The van der Waals surface area contributed by atoms with E-state index < -0.39 is 23.0 Å².